The second-order valence-corrected chi connectivity index (χ2v) is 15.5. The van der Waals surface area contributed by atoms with Gasteiger partial charge in [0.25, 0.3) is 0 Å². The highest BCUT2D eigenvalue weighted by atomic mass is 32.2. The number of carbonyl (C=O) groups excluding carboxylic acids is 1. The highest BCUT2D eigenvalue weighted by Gasteiger charge is 2.38. The number of aliphatic hydroxyl groups is 1. The molecule has 1 rings (SSSR count). The molecule has 10 nitrogen and oxygen atoms in total. The molecular formula is C31H57N3O7S. The van der Waals surface area contributed by atoms with Gasteiger partial charge in [-0.25, -0.2) is 12.7 Å². The number of methoxy groups -OCH3 is 2. The SMILES string of the molecule is COCCCOc1cc(C[C@@H](C[C@H](N)[C@@H](O)C[C@H](C(=O)NCC(C)(C)S(=O)(=O)N(C)C)C(C)C)C(C)C)ccc1OC. The van der Waals surface area contributed by atoms with Gasteiger partial charge in [0, 0.05) is 52.7 Å². The summed E-state index contributed by atoms with van der Waals surface area (Å²) in [6.07, 6.45) is 1.40. The van der Waals surface area contributed by atoms with E-state index >= 15 is 0 Å². The molecule has 42 heavy (non-hydrogen) atoms. The Kier molecular flexibility index (Phi) is 15.8. The van der Waals surface area contributed by atoms with Crippen LogP contribution in [0.25, 0.3) is 0 Å². The van der Waals surface area contributed by atoms with Crippen molar-refractivity contribution in [2.75, 3.05) is 48.1 Å². The van der Waals surface area contributed by atoms with Crippen LogP contribution in [0.5, 0.6) is 11.5 Å². The number of rotatable bonds is 20. The minimum atomic E-state index is -3.59. The van der Waals surface area contributed by atoms with Crippen LogP contribution in [0, 0.1) is 23.7 Å². The largest absolute Gasteiger partial charge is 0.493 e. The zero-order valence-electron chi connectivity index (χ0n) is 27.5. The Balaban J connectivity index is 2.91. The molecule has 4 N–H and O–H groups in total. The standard InChI is InChI=1S/C31H57N3O7S/c1-21(2)24(16-23-12-13-28(40-10)29(17-23)41-15-11-14-39-9)18-26(32)27(35)19-25(22(3)4)30(36)33-20-31(5,6)42(37,38)34(7)8/h12-13,17,21-22,24-27,35H,11,14-16,18-20,32H2,1-10H3,(H,33,36)/t24-,25-,26-,27-/m0/s1. The molecule has 11 heteroatoms. The van der Waals surface area contributed by atoms with E-state index in [0.29, 0.717) is 37.1 Å². The molecule has 4 atom stereocenters. The summed E-state index contributed by atoms with van der Waals surface area (Å²) in [6, 6.07) is 5.40. The maximum atomic E-state index is 13.2. The van der Waals surface area contributed by atoms with E-state index < -0.39 is 32.8 Å². The zero-order chi connectivity index (χ0) is 32.3. The number of nitrogens with one attached hydrogen (secondary N) is 1. The van der Waals surface area contributed by atoms with Crippen molar-refractivity contribution in [1.29, 1.82) is 0 Å². The van der Waals surface area contributed by atoms with Gasteiger partial charge in [-0.15, -0.1) is 0 Å². The van der Waals surface area contributed by atoms with E-state index in [2.05, 4.69) is 19.2 Å². The lowest BCUT2D eigenvalue weighted by Crippen LogP contribution is -2.50. The Bertz CT molecular complexity index is 1060. The number of nitrogens with zero attached hydrogens (tertiary/aromatic N) is 1. The van der Waals surface area contributed by atoms with E-state index in [9.17, 15) is 18.3 Å². The van der Waals surface area contributed by atoms with Crippen molar-refractivity contribution in [3.8, 4) is 11.5 Å². The smallest absolute Gasteiger partial charge is 0.223 e. The molecule has 0 spiro atoms. The second-order valence-electron chi connectivity index (χ2n) is 12.7. The van der Waals surface area contributed by atoms with Crippen LogP contribution in [0.2, 0.25) is 0 Å². The summed E-state index contributed by atoms with van der Waals surface area (Å²) in [5, 5.41) is 13.9. The van der Waals surface area contributed by atoms with Gasteiger partial charge in [0.1, 0.15) is 0 Å². The molecular weight excluding hydrogens is 558 g/mol. The van der Waals surface area contributed by atoms with Crippen molar-refractivity contribution in [3.05, 3.63) is 23.8 Å². The molecule has 0 fully saturated rings. The number of nitrogens with two attached hydrogens (primary N) is 1. The fraction of sp³-hybridized carbons (Fsp3) is 0.774. The van der Waals surface area contributed by atoms with E-state index in [0.717, 1.165) is 22.7 Å². The Morgan fingerprint density at radius 1 is 1.05 bits per heavy atom. The summed E-state index contributed by atoms with van der Waals surface area (Å²) in [7, 11) is 2.64. The van der Waals surface area contributed by atoms with Gasteiger partial charge in [0.2, 0.25) is 15.9 Å². The molecule has 0 aliphatic heterocycles. The average molecular weight is 616 g/mol. The van der Waals surface area contributed by atoms with E-state index in [1.807, 2.05) is 32.0 Å². The van der Waals surface area contributed by atoms with Gasteiger partial charge < -0.3 is 30.4 Å². The summed E-state index contributed by atoms with van der Waals surface area (Å²) in [6.45, 7) is 12.4. The molecule has 1 aromatic carbocycles. The maximum absolute atomic E-state index is 13.2. The van der Waals surface area contributed by atoms with Crippen molar-refractivity contribution < 1.29 is 32.5 Å². The Labute approximate surface area is 254 Å². The van der Waals surface area contributed by atoms with Gasteiger partial charge >= 0.3 is 0 Å². The van der Waals surface area contributed by atoms with Crippen molar-refractivity contribution in [1.82, 2.24) is 9.62 Å². The molecule has 244 valence electrons. The summed E-state index contributed by atoms with van der Waals surface area (Å²) in [5.74, 6) is 0.989. The third-order valence-corrected chi connectivity index (χ3v) is 10.5. The van der Waals surface area contributed by atoms with E-state index in [-0.39, 0.29) is 30.7 Å². The zero-order valence-corrected chi connectivity index (χ0v) is 28.3. The minimum Gasteiger partial charge on any atom is -0.493 e. The van der Waals surface area contributed by atoms with Gasteiger partial charge in [-0.1, -0.05) is 33.8 Å². The van der Waals surface area contributed by atoms with E-state index in [1.54, 1.807) is 28.1 Å². The van der Waals surface area contributed by atoms with Crippen LogP contribution >= 0.6 is 0 Å². The molecule has 0 aliphatic rings. The lowest BCUT2D eigenvalue weighted by atomic mass is 9.81. The predicted octanol–water partition coefficient (Wildman–Crippen LogP) is 3.45. The summed E-state index contributed by atoms with van der Waals surface area (Å²) < 4.78 is 41.8. The molecule has 1 amide bonds. The number of benzene rings is 1. The minimum absolute atomic E-state index is 0.0346. The molecule has 0 unspecified atom stereocenters. The number of aliphatic hydroxyl groups excluding tert-OH is 1. The van der Waals surface area contributed by atoms with Gasteiger partial charge in [-0.2, -0.15) is 0 Å². The molecule has 0 aromatic heterocycles. The van der Waals surface area contributed by atoms with Crippen LogP contribution in [0.3, 0.4) is 0 Å². The Hall–Kier alpha value is -1.92. The van der Waals surface area contributed by atoms with E-state index in [1.165, 1.54) is 14.1 Å². The van der Waals surface area contributed by atoms with Gasteiger partial charge in [-0.3, -0.25) is 4.79 Å². The fourth-order valence-electron chi connectivity index (χ4n) is 4.88. The van der Waals surface area contributed by atoms with E-state index in [4.69, 9.17) is 19.9 Å². The lowest BCUT2D eigenvalue weighted by molar-refractivity contribution is -0.127. The molecule has 0 saturated heterocycles. The topological polar surface area (TPSA) is 140 Å². The second kappa shape index (κ2) is 17.4. The average Bonchev–Trinajstić information content (AvgIpc) is 2.91. The Morgan fingerprint density at radius 2 is 1.69 bits per heavy atom. The first-order valence-corrected chi connectivity index (χ1v) is 16.3. The van der Waals surface area contributed by atoms with Gasteiger partial charge in [-0.05, 0) is 68.6 Å². The molecule has 0 heterocycles. The first kappa shape index (κ1) is 38.1. The summed E-state index contributed by atoms with van der Waals surface area (Å²) in [4.78, 5) is 13.2. The Morgan fingerprint density at radius 3 is 2.21 bits per heavy atom. The highest BCUT2D eigenvalue weighted by Crippen LogP contribution is 2.32. The number of sulfonamides is 1. The number of ether oxygens (including phenoxy) is 3. The van der Waals surface area contributed by atoms with Crippen LogP contribution in [-0.4, -0.2) is 88.7 Å². The van der Waals surface area contributed by atoms with Crippen LogP contribution in [0.4, 0.5) is 0 Å². The molecule has 1 aromatic rings. The number of hydrogen-bond acceptors (Lipinski definition) is 8. The lowest BCUT2D eigenvalue weighted by Gasteiger charge is -2.31. The van der Waals surface area contributed by atoms with Crippen molar-refractivity contribution in [2.45, 2.75) is 84.1 Å². The molecule has 0 saturated carbocycles. The van der Waals surface area contributed by atoms with Crippen LogP contribution in [-0.2, 0) is 26.0 Å². The van der Waals surface area contributed by atoms with Crippen molar-refractivity contribution in [3.63, 3.8) is 0 Å². The van der Waals surface area contributed by atoms with Crippen LogP contribution in [0.1, 0.15) is 66.4 Å². The van der Waals surface area contributed by atoms with Crippen molar-refractivity contribution >= 4 is 15.9 Å². The first-order valence-electron chi connectivity index (χ1n) is 14.9. The monoisotopic (exact) mass is 615 g/mol. The number of hydrogen-bond donors (Lipinski definition) is 3. The number of amides is 1. The summed E-state index contributed by atoms with van der Waals surface area (Å²) in [5.41, 5.74) is 7.63. The predicted molar refractivity (Wildman–Crippen MR) is 168 cm³/mol. The normalized spacial score (nSPS) is 15.5. The van der Waals surface area contributed by atoms with Crippen LogP contribution < -0.4 is 20.5 Å². The van der Waals surface area contributed by atoms with Gasteiger partial charge in [0.05, 0.1) is 24.6 Å². The molecule has 0 radical (unpaired) electrons. The van der Waals surface area contributed by atoms with Gasteiger partial charge in [0.15, 0.2) is 11.5 Å². The van der Waals surface area contributed by atoms with Crippen LogP contribution in [0.15, 0.2) is 18.2 Å². The number of carbonyl (C=O) groups is 1. The third kappa shape index (κ3) is 11.3. The highest BCUT2D eigenvalue weighted by molar-refractivity contribution is 7.90. The third-order valence-electron chi connectivity index (χ3n) is 7.99. The molecule has 0 aliphatic carbocycles. The maximum Gasteiger partial charge on any atom is 0.223 e. The first-order chi connectivity index (χ1) is 19.5. The summed E-state index contributed by atoms with van der Waals surface area (Å²) >= 11 is 0. The van der Waals surface area contributed by atoms with Crippen molar-refractivity contribution in [2.24, 2.45) is 29.4 Å². The fourth-order valence-corrected chi connectivity index (χ4v) is 6.12. The molecule has 0 bridgehead atoms. The quantitative estimate of drug-likeness (QED) is 0.190.